The molecule has 2 N–H and O–H groups in total. The zero-order valence-corrected chi connectivity index (χ0v) is 23.6. The second-order valence-corrected chi connectivity index (χ2v) is 10.8. The van der Waals surface area contributed by atoms with Crippen molar-refractivity contribution in [1.82, 2.24) is 4.98 Å². The lowest BCUT2D eigenvalue weighted by atomic mass is 10.1. The van der Waals surface area contributed by atoms with Crippen LogP contribution in [0.15, 0.2) is 76.8 Å². The standard InChI is InChI=1S/C28H19Cl3N4O3S/c1-14-3-4-15(2)22(11-14)35-26(37)23(31)24(27(35)38)32-18-8-5-16(6-9-18)25(36)34-28-33-21(13-39-28)19-10-7-17(29)12-20(19)30/h3-13,32H,1-2H3,(H,33,34,36). The molecule has 3 aromatic carbocycles. The van der Waals surface area contributed by atoms with Crippen molar-refractivity contribution < 1.29 is 14.4 Å². The fraction of sp³-hybridized carbons (Fsp3) is 0.0714. The molecule has 0 saturated heterocycles. The highest BCUT2D eigenvalue weighted by molar-refractivity contribution is 7.14. The van der Waals surface area contributed by atoms with E-state index in [0.717, 1.165) is 16.0 Å². The predicted molar refractivity (Wildman–Crippen MR) is 157 cm³/mol. The van der Waals surface area contributed by atoms with E-state index in [4.69, 9.17) is 34.8 Å². The SMILES string of the molecule is Cc1ccc(C)c(N2C(=O)C(Cl)=C(Nc3ccc(C(=O)Nc4nc(-c5ccc(Cl)cc5Cl)cs4)cc3)C2=O)c1. The molecule has 1 aliphatic heterocycles. The van der Waals surface area contributed by atoms with Crippen LogP contribution in [-0.4, -0.2) is 22.7 Å². The molecule has 0 saturated carbocycles. The lowest BCUT2D eigenvalue weighted by Crippen LogP contribution is -2.32. The van der Waals surface area contributed by atoms with E-state index in [1.54, 1.807) is 53.9 Å². The van der Waals surface area contributed by atoms with Gasteiger partial charge in [0, 0.05) is 27.2 Å². The lowest BCUT2D eigenvalue weighted by Gasteiger charge is -2.18. The molecule has 7 nitrogen and oxygen atoms in total. The number of carbonyl (C=O) groups is 3. The number of hydrogen-bond donors (Lipinski definition) is 2. The Morgan fingerprint density at radius 1 is 0.923 bits per heavy atom. The molecule has 11 heteroatoms. The molecular weight excluding hydrogens is 579 g/mol. The largest absolute Gasteiger partial charge is 0.350 e. The van der Waals surface area contributed by atoms with Gasteiger partial charge in [-0.2, -0.15) is 0 Å². The number of amides is 3. The summed E-state index contributed by atoms with van der Waals surface area (Å²) in [6, 6.07) is 17.0. The quantitative estimate of drug-likeness (QED) is 0.226. The summed E-state index contributed by atoms with van der Waals surface area (Å²) in [5.74, 6) is -1.52. The second-order valence-electron chi connectivity index (χ2n) is 8.74. The Balaban J connectivity index is 1.28. The molecule has 0 fully saturated rings. The molecule has 0 bridgehead atoms. The molecule has 5 rings (SSSR count). The average molecular weight is 598 g/mol. The fourth-order valence-electron chi connectivity index (χ4n) is 3.96. The maximum atomic E-state index is 13.1. The van der Waals surface area contributed by atoms with Crippen molar-refractivity contribution >= 4 is 80.4 Å². The number of nitrogens with zero attached hydrogens (tertiary/aromatic N) is 2. The van der Waals surface area contributed by atoms with Gasteiger partial charge in [0.15, 0.2) is 5.13 Å². The Morgan fingerprint density at radius 3 is 2.38 bits per heavy atom. The topological polar surface area (TPSA) is 91.4 Å². The summed E-state index contributed by atoms with van der Waals surface area (Å²) in [5.41, 5.74) is 4.30. The minimum Gasteiger partial charge on any atom is -0.350 e. The molecule has 39 heavy (non-hydrogen) atoms. The summed E-state index contributed by atoms with van der Waals surface area (Å²) in [5, 5.41) is 8.66. The minimum atomic E-state index is -0.600. The first-order valence-electron chi connectivity index (χ1n) is 11.6. The van der Waals surface area contributed by atoms with Crippen molar-refractivity contribution in [3.63, 3.8) is 0 Å². The number of benzene rings is 3. The van der Waals surface area contributed by atoms with Crippen molar-refractivity contribution in [2.75, 3.05) is 15.5 Å². The second kappa shape index (κ2) is 10.8. The van der Waals surface area contributed by atoms with Gasteiger partial charge in [-0.15, -0.1) is 11.3 Å². The molecule has 1 aliphatic rings. The Kier molecular flexibility index (Phi) is 7.46. The van der Waals surface area contributed by atoms with Gasteiger partial charge in [0.25, 0.3) is 17.7 Å². The van der Waals surface area contributed by atoms with Crippen LogP contribution in [0.4, 0.5) is 16.5 Å². The molecule has 0 atom stereocenters. The van der Waals surface area contributed by atoms with Crippen molar-refractivity contribution in [1.29, 1.82) is 0 Å². The molecule has 196 valence electrons. The van der Waals surface area contributed by atoms with Gasteiger partial charge in [-0.3, -0.25) is 19.7 Å². The highest BCUT2D eigenvalue weighted by Gasteiger charge is 2.39. The third-order valence-corrected chi connectivity index (χ3v) is 7.64. The third kappa shape index (κ3) is 5.42. The third-order valence-electron chi connectivity index (χ3n) is 5.98. The molecule has 0 spiro atoms. The van der Waals surface area contributed by atoms with Crippen molar-refractivity contribution in [2.24, 2.45) is 0 Å². The van der Waals surface area contributed by atoms with E-state index in [-0.39, 0.29) is 16.6 Å². The molecule has 3 amide bonds. The number of imide groups is 1. The van der Waals surface area contributed by atoms with Crippen LogP contribution in [0.3, 0.4) is 0 Å². The smallest absolute Gasteiger partial charge is 0.283 e. The van der Waals surface area contributed by atoms with Crippen molar-refractivity contribution in [2.45, 2.75) is 13.8 Å². The molecule has 0 unspecified atom stereocenters. The average Bonchev–Trinajstić information content (AvgIpc) is 3.44. The first-order valence-corrected chi connectivity index (χ1v) is 13.6. The van der Waals surface area contributed by atoms with Crippen LogP contribution in [0.1, 0.15) is 21.5 Å². The van der Waals surface area contributed by atoms with E-state index in [9.17, 15) is 14.4 Å². The Labute approximate surface area is 243 Å². The normalized spacial score (nSPS) is 13.3. The van der Waals surface area contributed by atoms with E-state index in [0.29, 0.717) is 43.4 Å². The summed E-state index contributed by atoms with van der Waals surface area (Å²) < 4.78 is 0. The van der Waals surface area contributed by atoms with Gasteiger partial charge in [-0.05, 0) is 73.5 Å². The minimum absolute atomic E-state index is 0.0315. The first kappa shape index (κ1) is 26.9. The zero-order valence-electron chi connectivity index (χ0n) is 20.5. The maximum absolute atomic E-state index is 13.1. The molecule has 1 aromatic heterocycles. The van der Waals surface area contributed by atoms with E-state index >= 15 is 0 Å². The molecule has 4 aromatic rings. The van der Waals surface area contributed by atoms with Crippen LogP contribution in [-0.2, 0) is 9.59 Å². The number of rotatable bonds is 6. The number of thiazole rings is 1. The Bertz CT molecular complexity index is 1680. The van der Waals surface area contributed by atoms with Gasteiger partial charge in [-0.1, -0.05) is 46.9 Å². The van der Waals surface area contributed by atoms with Crippen LogP contribution < -0.4 is 15.5 Å². The van der Waals surface area contributed by atoms with E-state index in [2.05, 4.69) is 15.6 Å². The number of carbonyl (C=O) groups excluding carboxylic acids is 3. The van der Waals surface area contributed by atoms with Crippen LogP contribution in [0.5, 0.6) is 0 Å². The summed E-state index contributed by atoms with van der Waals surface area (Å²) in [7, 11) is 0. The molecule has 0 aliphatic carbocycles. The highest BCUT2D eigenvalue weighted by Crippen LogP contribution is 2.34. The summed E-state index contributed by atoms with van der Waals surface area (Å²) in [6.45, 7) is 3.69. The number of halogens is 3. The Hall–Kier alpha value is -3.69. The maximum Gasteiger partial charge on any atom is 0.283 e. The first-order chi connectivity index (χ1) is 18.6. The van der Waals surface area contributed by atoms with Crippen LogP contribution in [0.2, 0.25) is 10.0 Å². The number of anilines is 3. The van der Waals surface area contributed by atoms with Gasteiger partial charge in [0.2, 0.25) is 0 Å². The van der Waals surface area contributed by atoms with Gasteiger partial charge >= 0.3 is 0 Å². The molecular formula is C28H19Cl3N4O3S. The van der Waals surface area contributed by atoms with Crippen molar-refractivity contribution in [3.8, 4) is 11.3 Å². The number of nitrogens with one attached hydrogen (secondary N) is 2. The van der Waals surface area contributed by atoms with Gasteiger partial charge in [-0.25, -0.2) is 9.88 Å². The number of aryl methyl sites for hydroxylation is 2. The number of aromatic nitrogens is 1. The summed E-state index contributed by atoms with van der Waals surface area (Å²) in [6.07, 6.45) is 0. The fourth-order valence-corrected chi connectivity index (χ4v) is 5.38. The van der Waals surface area contributed by atoms with E-state index < -0.39 is 11.8 Å². The van der Waals surface area contributed by atoms with Gasteiger partial charge in [0.1, 0.15) is 10.7 Å². The van der Waals surface area contributed by atoms with E-state index in [1.807, 2.05) is 26.0 Å². The van der Waals surface area contributed by atoms with Crippen LogP contribution >= 0.6 is 46.1 Å². The summed E-state index contributed by atoms with van der Waals surface area (Å²) >= 11 is 19.8. The molecule has 2 heterocycles. The monoisotopic (exact) mass is 596 g/mol. The summed E-state index contributed by atoms with van der Waals surface area (Å²) in [4.78, 5) is 44.3. The Morgan fingerprint density at radius 2 is 1.67 bits per heavy atom. The predicted octanol–water partition coefficient (Wildman–Crippen LogP) is 7.42. The number of hydrogen-bond acceptors (Lipinski definition) is 6. The van der Waals surface area contributed by atoms with Crippen LogP contribution in [0, 0.1) is 13.8 Å². The van der Waals surface area contributed by atoms with Crippen molar-refractivity contribution in [3.05, 3.63) is 104 Å². The lowest BCUT2D eigenvalue weighted by molar-refractivity contribution is -0.120. The van der Waals surface area contributed by atoms with E-state index in [1.165, 1.54) is 11.3 Å². The van der Waals surface area contributed by atoms with Gasteiger partial charge < -0.3 is 5.32 Å². The molecule has 0 radical (unpaired) electrons. The highest BCUT2D eigenvalue weighted by atomic mass is 35.5. The zero-order chi connectivity index (χ0) is 27.8. The van der Waals surface area contributed by atoms with Gasteiger partial charge in [0.05, 0.1) is 16.4 Å². The van der Waals surface area contributed by atoms with Crippen LogP contribution in [0.25, 0.3) is 11.3 Å².